The molecule has 4 heteroatoms. The van der Waals surface area contributed by atoms with Crippen molar-refractivity contribution >= 4 is 17.7 Å². The van der Waals surface area contributed by atoms with E-state index < -0.39 is 5.92 Å². The summed E-state index contributed by atoms with van der Waals surface area (Å²) < 4.78 is 5.40. The summed E-state index contributed by atoms with van der Waals surface area (Å²) in [5.41, 5.74) is 2.65. The average Bonchev–Trinajstić information content (AvgIpc) is 2.78. The fraction of sp³-hybridized carbons (Fsp3) is 0.192. The zero-order valence-electron chi connectivity index (χ0n) is 17.1. The molecule has 0 heterocycles. The standard InChI is InChI=1S/C26H27NO3/c1-2-30-26(29)22(19-21-13-7-4-8-14-21)23(18-17-20-11-5-3-6-12-20)27-24-15-9-10-16-25(24)28/h3-18,22-23,27-28H,2,19H2,1H3/b18-17+/t22-,23+/m1/s1. The molecule has 2 N–H and O–H groups in total. The summed E-state index contributed by atoms with van der Waals surface area (Å²) in [5.74, 6) is -0.600. The number of carbonyl (C=O) groups excluding carboxylic acids is 1. The van der Waals surface area contributed by atoms with Crippen molar-refractivity contribution in [3.8, 4) is 5.75 Å². The van der Waals surface area contributed by atoms with Gasteiger partial charge in [-0.15, -0.1) is 0 Å². The summed E-state index contributed by atoms with van der Waals surface area (Å²) >= 11 is 0. The van der Waals surface area contributed by atoms with Crippen LogP contribution in [0.4, 0.5) is 5.69 Å². The molecule has 0 aliphatic carbocycles. The number of phenolic OH excluding ortho intramolecular Hbond substituents is 1. The minimum atomic E-state index is -0.466. The molecule has 3 aromatic carbocycles. The SMILES string of the molecule is CCOC(=O)[C@H](Cc1ccccc1)[C@H](/C=C/c1ccccc1)Nc1ccccc1O. The largest absolute Gasteiger partial charge is 0.506 e. The quantitative estimate of drug-likeness (QED) is 0.377. The topological polar surface area (TPSA) is 58.6 Å². The van der Waals surface area contributed by atoms with Crippen LogP contribution in [0.2, 0.25) is 0 Å². The minimum absolute atomic E-state index is 0.137. The molecular weight excluding hydrogens is 374 g/mol. The smallest absolute Gasteiger partial charge is 0.311 e. The van der Waals surface area contributed by atoms with Crippen LogP contribution in [-0.2, 0) is 16.0 Å². The maximum absolute atomic E-state index is 12.9. The second-order valence-corrected chi connectivity index (χ2v) is 7.01. The van der Waals surface area contributed by atoms with Gasteiger partial charge in [-0.25, -0.2) is 0 Å². The van der Waals surface area contributed by atoms with Crippen LogP contribution in [0.1, 0.15) is 18.1 Å². The van der Waals surface area contributed by atoms with Gasteiger partial charge in [-0.2, -0.15) is 0 Å². The van der Waals surface area contributed by atoms with E-state index in [1.54, 1.807) is 18.2 Å². The van der Waals surface area contributed by atoms with Gasteiger partial charge in [0.05, 0.1) is 24.3 Å². The number of aromatic hydroxyl groups is 1. The van der Waals surface area contributed by atoms with E-state index in [0.717, 1.165) is 11.1 Å². The number of anilines is 1. The number of hydrogen-bond acceptors (Lipinski definition) is 4. The molecule has 0 aliphatic rings. The highest BCUT2D eigenvalue weighted by atomic mass is 16.5. The fourth-order valence-corrected chi connectivity index (χ4v) is 3.31. The van der Waals surface area contributed by atoms with E-state index in [9.17, 15) is 9.90 Å². The fourth-order valence-electron chi connectivity index (χ4n) is 3.31. The molecule has 0 aliphatic heterocycles. The predicted molar refractivity (Wildman–Crippen MR) is 121 cm³/mol. The van der Waals surface area contributed by atoms with E-state index in [1.807, 2.05) is 85.8 Å². The third-order valence-electron chi connectivity index (χ3n) is 4.84. The lowest BCUT2D eigenvalue weighted by atomic mass is 9.91. The molecule has 0 bridgehead atoms. The predicted octanol–water partition coefficient (Wildman–Crippen LogP) is 5.31. The maximum atomic E-state index is 12.9. The zero-order valence-corrected chi connectivity index (χ0v) is 17.1. The van der Waals surface area contributed by atoms with Gasteiger partial charge in [0.2, 0.25) is 0 Å². The van der Waals surface area contributed by atoms with Gasteiger partial charge < -0.3 is 15.2 Å². The molecule has 0 aromatic heterocycles. The van der Waals surface area contributed by atoms with Gasteiger partial charge in [-0.05, 0) is 36.6 Å². The molecule has 4 nitrogen and oxygen atoms in total. The van der Waals surface area contributed by atoms with Gasteiger partial charge in [0, 0.05) is 0 Å². The third kappa shape index (κ3) is 5.98. The highest BCUT2D eigenvalue weighted by Crippen LogP contribution is 2.26. The van der Waals surface area contributed by atoms with Gasteiger partial charge in [0.15, 0.2) is 0 Å². The van der Waals surface area contributed by atoms with Crippen molar-refractivity contribution in [1.29, 1.82) is 0 Å². The van der Waals surface area contributed by atoms with Gasteiger partial charge in [-0.3, -0.25) is 4.79 Å². The van der Waals surface area contributed by atoms with Gasteiger partial charge in [-0.1, -0.05) is 84.9 Å². The molecule has 0 fully saturated rings. The van der Waals surface area contributed by atoms with E-state index in [2.05, 4.69) is 5.32 Å². The number of benzene rings is 3. The summed E-state index contributed by atoms with van der Waals surface area (Å²) in [4.78, 5) is 12.9. The van der Waals surface area contributed by atoms with Crippen LogP contribution in [-0.4, -0.2) is 23.7 Å². The van der Waals surface area contributed by atoms with E-state index in [4.69, 9.17) is 4.74 Å². The van der Waals surface area contributed by atoms with Gasteiger partial charge in [0.1, 0.15) is 5.75 Å². The molecule has 0 saturated heterocycles. The van der Waals surface area contributed by atoms with E-state index in [0.29, 0.717) is 18.7 Å². The maximum Gasteiger partial charge on any atom is 0.311 e. The number of rotatable bonds is 9. The molecule has 154 valence electrons. The molecule has 0 unspecified atom stereocenters. The minimum Gasteiger partial charge on any atom is -0.506 e. The van der Waals surface area contributed by atoms with Crippen LogP contribution in [0.3, 0.4) is 0 Å². The van der Waals surface area contributed by atoms with Crippen LogP contribution in [0.5, 0.6) is 5.75 Å². The number of hydrogen-bond donors (Lipinski definition) is 2. The molecule has 2 atom stereocenters. The van der Waals surface area contributed by atoms with Crippen LogP contribution in [0.25, 0.3) is 6.08 Å². The number of phenols is 1. The van der Waals surface area contributed by atoms with E-state index in [1.165, 1.54) is 0 Å². The summed E-state index contributed by atoms with van der Waals surface area (Å²) in [6, 6.07) is 26.4. The first-order chi connectivity index (χ1) is 14.7. The van der Waals surface area contributed by atoms with Crippen molar-refractivity contribution in [2.24, 2.45) is 5.92 Å². The third-order valence-corrected chi connectivity index (χ3v) is 4.84. The number of carbonyl (C=O) groups is 1. The molecular formula is C26H27NO3. The Labute approximate surface area is 177 Å². The number of esters is 1. The Morgan fingerprint density at radius 2 is 1.60 bits per heavy atom. The van der Waals surface area contributed by atoms with Crippen molar-refractivity contribution < 1.29 is 14.6 Å². The van der Waals surface area contributed by atoms with Crippen molar-refractivity contribution in [3.63, 3.8) is 0 Å². The first-order valence-electron chi connectivity index (χ1n) is 10.2. The molecule has 3 rings (SSSR count). The molecule has 0 spiro atoms. The Bertz CT molecular complexity index is 954. The van der Waals surface area contributed by atoms with Crippen molar-refractivity contribution in [2.75, 3.05) is 11.9 Å². The molecule has 30 heavy (non-hydrogen) atoms. The zero-order chi connectivity index (χ0) is 21.2. The second-order valence-electron chi connectivity index (χ2n) is 7.01. The van der Waals surface area contributed by atoms with Gasteiger partial charge in [0.25, 0.3) is 0 Å². The number of para-hydroxylation sites is 2. The number of ether oxygens (including phenoxy) is 1. The lowest BCUT2D eigenvalue weighted by molar-refractivity contribution is -0.148. The summed E-state index contributed by atoms with van der Waals surface area (Å²) in [6.45, 7) is 2.12. The van der Waals surface area contributed by atoms with Gasteiger partial charge >= 0.3 is 5.97 Å². The Morgan fingerprint density at radius 1 is 0.967 bits per heavy atom. The summed E-state index contributed by atoms with van der Waals surface area (Å²) in [6.07, 6.45) is 4.46. The van der Waals surface area contributed by atoms with Crippen molar-refractivity contribution in [1.82, 2.24) is 0 Å². The Morgan fingerprint density at radius 3 is 2.27 bits per heavy atom. The normalized spacial score (nSPS) is 13.0. The van der Waals surface area contributed by atoms with Crippen LogP contribution >= 0.6 is 0 Å². The second kappa shape index (κ2) is 10.9. The molecule has 0 saturated carbocycles. The van der Waals surface area contributed by atoms with Crippen LogP contribution < -0.4 is 5.32 Å². The lowest BCUT2D eigenvalue weighted by Crippen LogP contribution is -2.36. The Kier molecular flexibility index (Phi) is 7.67. The van der Waals surface area contributed by atoms with Crippen molar-refractivity contribution in [3.05, 3.63) is 102 Å². The summed E-state index contributed by atoms with van der Waals surface area (Å²) in [5, 5.41) is 13.6. The van der Waals surface area contributed by atoms with E-state index >= 15 is 0 Å². The van der Waals surface area contributed by atoms with Crippen LogP contribution in [0.15, 0.2) is 91.0 Å². The number of nitrogens with one attached hydrogen (secondary N) is 1. The first kappa shape index (κ1) is 21.2. The lowest BCUT2D eigenvalue weighted by Gasteiger charge is -2.26. The van der Waals surface area contributed by atoms with Crippen LogP contribution in [0, 0.1) is 5.92 Å². The summed E-state index contributed by atoms with van der Waals surface area (Å²) in [7, 11) is 0. The highest BCUT2D eigenvalue weighted by Gasteiger charge is 2.29. The Hall–Kier alpha value is -3.53. The van der Waals surface area contributed by atoms with E-state index in [-0.39, 0.29) is 17.8 Å². The Balaban J connectivity index is 1.95. The molecule has 0 radical (unpaired) electrons. The van der Waals surface area contributed by atoms with Crippen molar-refractivity contribution in [2.45, 2.75) is 19.4 Å². The first-order valence-corrected chi connectivity index (χ1v) is 10.2. The monoisotopic (exact) mass is 401 g/mol. The average molecular weight is 402 g/mol. The molecule has 0 amide bonds. The molecule has 3 aromatic rings. The highest BCUT2D eigenvalue weighted by molar-refractivity contribution is 5.76.